The Kier molecular flexibility index (Phi) is 5.76. The molecule has 0 aliphatic carbocycles. The summed E-state index contributed by atoms with van der Waals surface area (Å²) in [4.78, 5) is 30.8. The average Bonchev–Trinajstić information content (AvgIpc) is 2.78. The zero-order chi connectivity index (χ0) is 21.8. The van der Waals surface area contributed by atoms with Crippen molar-refractivity contribution in [1.82, 2.24) is 9.55 Å². The number of aromatic nitrogens is 2. The molecule has 0 aliphatic heterocycles. The van der Waals surface area contributed by atoms with Crippen molar-refractivity contribution in [2.45, 2.75) is 20.4 Å². The molecule has 2 aromatic carbocycles. The first-order chi connectivity index (χ1) is 15.0. The SMILES string of the molecule is Cc1ccccc1NC(=O)c1c(-c2ccccc2)n(Cc2ccccn2)c(C)cc1=O. The fourth-order valence-electron chi connectivity index (χ4n) is 3.64. The molecular formula is C26H23N3O2. The minimum Gasteiger partial charge on any atom is -0.338 e. The number of para-hydroxylation sites is 1. The van der Waals surface area contributed by atoms with E-state index in [4.69, 9.17) is 0 Å². The summed E-state index contributed by atoms with van der Waals surface area (Å²) in [6.45, 7) is 4.24. The van der Waals surface area contributed by atoms with Crippen LogP contribution in [0.4, 0.5) is 5.69 Å². The highest BCUT2D eigenvalue weighted by molar-refractivity contribution is 6.08. The molecule has 1 amide bonds. The maximum atomic E-state index is 13.4. The summed E-state index contributed by atoms with van der Waals surface area (Å²) in [6.07, 6.45) is 1.74. The van der Waals surface area contributed by atoms with Gasteiger partial charge < -0.3 is 9.88 Å². The molecule has 4 rings (SSSR count). The highest BCUT2D eigenvalue weighted by Crippen LogP contribution is 2.25. The summed E-state index contributed by atoms with van der Waals surface area (Å²) in [5.74, 6) is -0.423. The molecule has 0 saturated heterocycles. The van der Waals surface area contributed by atoms with Crippen LogP contribution in [0.5, 0.6) is 0 Å². The first kappa shape index (κ1) is 20.3. The van der Waals surface area contributed by atoms with E-state index < -0.39 is 5.91 Å². The molecule has 0 bridgehead atoms. The van der Waals surface area contributed by atoms with Crippen LogP contribution in [0.25, 0.3) is 11.3 Å². The summed E-state index contributed by atoms with van der Waals surface area (Å²) < 4.78 is 1.98. The second-order valence-electron chi connectivity index (χ2n) is 7.42. The lowest BCUT2D eigenvalue weighted by molar-refractivity contribution is 0.102. The Hall–Kier alpha value is -3.99. The number of hydrogen-bond acceptors (Lipinski definition) is 3. The highest BCUT2D eigenvalue weighted by Gasteiger charge is 2.22. The molecule has 0 unspecified atom stereocenters. The lowest BCUT2D eigenvalue weighted by Gasteiger charge is -2.20. The number of benzene rings is 2. The molecule has 0 aliphatic rings. The molecule has 2 aromatic heterocycles. The van der Waals surface area contributed by atoms with Crippen LogP contribution in [-0.2, 0) is 6.54 Å². The third-order valence-corrected chi connectivity index (χ3v) is 5.23. The Balaban J connectivity index is 1.90. The van der Waals surface area contributed by atoms with Gasteiger partial charge in [0.15, 0.2) is 5.43 Å². The number of nitrogens with one attached hydrogen (secondary N) is 1. The van der Waals surface area contributed by atoms with Gasteiger partial charge in [-0.3, -0.25) is 14.6 Å². The van der Waals surface area contributed by atoms with Gasteiger partial charge in [-0.1, -0.05) is 54.6 Å². The summed E-state index contributed by atoms with van der Waals surface area (Å²) in [6, 6.07) is 24.3. The third-order valence-electron chi connectivity index (χ3n) is 5.23. The fourth-order valence-corrected chi connectivity index (χ4v) is 3.64. The van der Waals surface area contributed by atoms with Crippen molar-refractivity contribution in [3.63, 3.8) is 0 Å². The van der Waals surface area contributed by atoms with Gasteiger partial charge in [-0.05, 0) is 43.2 Å². The minimum atomic E-state index is -0.423. The first-order valence-corrected chi connectivity index (χ1v) is 10.1. The van der Waals surface area contributed by atoms with E-state index in [1.165, 1.54) is 6.07 Å². The maximum Gasteiger partial charge on any atom is 0.261 e. The molecule has 4 aromatic rings. The fraction of sp³-hybridized carbons (Fsp3) is 0.115. The van der Waals surface area contributed by atoms with E-state index in [1.807, 2.05) is 91.2 Å². The van der Waals surface area contributed by atoms with E-state index in [-0.39, 0.29) is 11.0 Å². The lowest BCUT2D eigenvalue weighted by Crippen LogP contribution is -2.27. The van der Waals surface area contributed by atoms with Crippen LogP contribution in [0.15, 0.2) is 89.9 Å². The number of anilines is 1. The lowest BCUT2D eigenvalue weighted by atomic mass is 10.0. The first-order valence-electron chi connectivity index (χ1n) is 10.1. The van der Waals surface area contributed by atoms with Gasteiger partial charge in [0.05, 0.1) is 17.9 Å². The molecule has 31 heavy (non-hydrogen) atoms. The quantitative estimate of drug-likeness (QED) is 0.514. The normalized spacial score (nSPS) is 10.6. The van der Waals surface area contributed by atoms with Gasteiger partial charge in [-0.15, -0.1) is 0 Å². The van der Waals surface area contributed by atoms with Crippen LogP contribution in [0, 0.1) is 13.8 Å². The smallest absolute Gasteiger partial charge is 0.261 e. The molecule has 0 spiro atoms. The second kappa shape index (κ2) is 8.79. The predicted octanol–water partition coefficient (Wildman–Crippen LogP) is 4.83. The molecule has 0 radical (unpaired) electrons. The van der Waals surface area contributed by atoms with E-state index in [0.717, 1.165) is 22.5 Å². The predicted molar refractivity (Wildman–Crippen MR) is 123 cm³/mol. The Morgan fingerprint density at radius 2 is 1.65 bits per heavy atom. The minimum absolute atomic E-state index is 0.121. The number of carbonyl (C=O) groups excluding carboxylic acids is 1. The summed E-state index contributed by atoms with van der Waals surface area (Å²) in [5, 5.41) is 2.92. The summed E-state index contributed by atoms with van der Waals surface area (Å²) in [5.41, 5.74) is 4.42. The van der Waals surface area contributed by atoms with Crippen molar-refractivity contribution in [2.24, 2.45) is 0 Å². The Morgan fingerprint density at radius 1 is 0.935 bits per heavy atom. The monoisotopic (exact) mass is 409 g/mol. The van der Waals surface area contributed by atoms with E-state index in [9.17, 15) is 9.59 Å². The summed E-state index contributed by atoms with van der Waals surface area (Å²) in [7, 11) is 0. The third kappa shape index (κ3) is 4.31. The molecule has 5 nitrogen and oxygen atoms in total. The van der Waals surface area contributed by atoms with Crippen LogP contribution in [-0.4, -0.2) is 15.5 Å². The van der Waals surface area contributed by atoms with Crippen LogP contribution in [0.1, 0.15) is 27.3 Å². The number of carbonyl (C=O) groups is 1. The highest BCUT2D eigenvalue weighted by atomic mass is 16.2. The van der Waals surface area contributed by atoms with Crippen molar-refractivity contribution >= 4 is 11.6 Å². The van der Waals surface area contributed by atoms with Gasteiger partial charge in [0.25, 0.3) is 5.91 Å². The van der Waals surface area contributed by atoms with E-state index in [1.54, 1.807) is 6.20 Å². The standard InChI is InChI=1S/C26H23N3O2/c1-18-10-6-7-14-22(18)28-26(31)24-23(30)16-19(2)29(17-21-13-8-9-15-27-21)25(24)20-11-4-3-5-12-20/h3-16H,17H2,1-2H3,(H,28,31). The topological polar surface area (TPSA) is 64.0 Å². The van der Waals surface area contributed by atoms with Crippen LogP contribution < -0.4 is 10.7 Å². The molecule has 154 valence electrons. The zero-order valence-corrected chi connectivity index (χ0v) is 17.5. The van der Waals surface area contributed by atoms with Gasteiger partial charge in [-0.2, -0.15) is 0 Å². The molecule has 0 fully saturated rings. The van der Waals surface area contributed by atoms with Gasteiger partial charge in [-0.25, -0.2) is 0 Å². The van der Waals surface area contributed by atoms with Crippen LogP contribution >= 0.6 is 0 Å². The van der Waals surface area contributed by atoms with E-state index in [0.29, 0.717) is 17.9 Å². The Labute approximate surface area is 181 Å². The maximum absolute atomic E-state index is 13.4. The van der Waals surface area contributed by atoms with Gasteiger partial charge in [0, 0.05) is 23.6 Å². The van der Waals surface area contributed by atoms with E-state index >= 15 is 0 Å². The molecule has 0 saturated carbocycles. The van der Waals surface area contributed by atoms with Gasteiger partial charge in [0.2, 0.25) is 0 Å². The van der Waals surface area contributed by atoms with Crippen molar-refractivity contribution in [3.05, 3.63) is 118 Å². The van der Waals surface area contributed by atoms with Gasteiger partial charge in [0.1, 0.15) is 5.56 Å². The number of hydrogen-bond donors (Lipinski definition) is 1. The number of aryl methyl sites for hydroxylation is 2. The largest absolute Gasteiger partial charge is 0.338 e. The average molecular weight is 409 g/mol. The van der Waals surface area contributed by atoms with Crippen molar-refractivity contribution in [1.29, 1.82) is 0 Å². The molecule has 2 heterocycles. The molecular weight excluding hydrogens is 386 g/mol. The number of nitrogens with zero attached hydrogens (tertiary/aromatic N) is 2. The van der Waals surface area contributed by atoms with Crippen molar-refractivity contribution < 1.29 is 4.79 Å². The van der Waals surface area contributed by atoms with Crippen molar-refractivity contribution in [3.8, 4) is 11.3 Å². The number of rotatable bonds is 5. The second-order valence-corrected chi connectivity index (χ2v) is 7.42. The van der Waals surface area contributed by atoms with E-state index in [2.05, 4.69) is 10.3 Å². The molecule has 0 atom stereocenters. The number of amides is 1. The molecule has 5 heteroatoms. The number of pyridine rings is 2. The zero-order valence-electron chi connectivity index (χ0n) is 17.5. The van der Waals surface area contributed by atoms with Crippen LogP contribution in [0.3, 0.4) is 0 Å². The van der Waals surface area contributed by atoms with Gasteiger partial charge >= 0.3 is 0 Å². The van der Waals surface area contributed by atoms with Crippen LogP contribution in [0.2, 0.25) is 0 Å². The Morgan fingerprint density at radius 3 is 2.35 bits per heavy atom. The summed E-state index contributed by atoms with van der Waals surface area (Å²) >= 11 is 0. The van der Waals surface area contributed by atoms with Crippen molar-refractivity contribution in [2.75, 3.05) is 5.32 Å². The Bertz CT molecular complexity index is 1280. The molecule has 1 N–H and O–H groups in total.